The summed E-state index contributed by atoms with van der Waals surface area (Å²) in [5.74, 6) is -0.601. The predicted octanol–water partition coefficient (Wildman–Crippen LogP) is 0.580. The Bertz CT molecular complexity index is 1200. The third-order valence-corrected chi connectivity index (χ3v) is 6.22. The van der Waals surface area contributed by atoms with Crippen LogP contribution in [0.3, 0.4) is 0 Å². The molecule has 0 saturated carbocycles. The summed E-state index contributed by atoms with van der Waals surface area (Å²) in [6.45, 7) is 1.59. The second-order valence-electron chi connectivity index (χ2n) is 5.54. The number of aryl methyl sites for hydroxylation is 1. The first-order valence-electron chi connectivity index (χ1n) is 7.80. The largest absolute Gasteiger partial charge is 0.368 e. The van der Waals surface area contributed by atoms with Crippen molar-refractivity contribution < 1.29 is 21.6 Å². The van der Waals surface area contributed by atoms with Gasteiger partial charge in [-0.15, -0.1) is 4.40 Å². The quantitative estimate of drug-likeness (QED) is 0.227. The van der Waals surface area contributed by atoms with Crippen molar-refractivity contribution in [3.63, 3.8) is 0 Å². The Morgan fingerprint density at radius 1 is 1.07 bits per heavy atom. The number of hydrogen-bond acceptors (Lipinski definition) is 6. The molecule has 2 aromatic rings. The van der Waals surface area contributed by atoms with Crippen LogP contribution in [0, 0.1) is 18.4 Å². The van der Waals surface area contributed by atoms with Crippen molar-refractivity contribution in [1.82, 2.24) is 10.0 Å². The van der Waals surface area contributed by atoms with Crippen LogP contribution in [0.5, 0.6) is 0 Å². The fourth-order valence-corrected chi connectivity index (χ4v) is 4.21. The first-order chi connectivity index (χ1) is 13.5. The molecular weight excluding hydrogens is 420 g/mol. The van der Waals surface area contributed by atoms with E-state index in [0.29, 0.717) is 5.56 Å². The van der Waals surface area contributed by atoms with E-state index in [4.69, 9.17) is 11.0 Å². The van der Waals surface area contributed by atoms with Crippen molar-refractivity contribution in [2.75, 3.05) is 5.32 Å². The predicted molar refractivity (Wildman–Crippen MR) is 105 cm³/mol. The Labute approximate surface area is 167 Å². The molecule has 0 spiro atoms. The molecular formula is C16H16N6O5S2. The molecule has 0 aliphatic carbocycles. The maximum Gasteiger partial charge on any atom is 0.333 e. The zero-order chi connectivity index (χ0) is 21.7. The van der Waals surface area contributed by atoms with Gasteiger partial charge in [0.15, 0.2) is 6.19 Å². The van der Waals surface area contributed by atoms with Gasteiger partial charge in [-0.25, -0.2) is 17.9 Å². The Morgan fingerprint density at radius 3 is 2.28 bits per heavy atom. The SMILES string of the molecule is Cc1ccccc1S(=O)(=O)NC(=O)Nc1ccc(S(=O)(=O)/N=C(\N)NC#N)cc1. The van der Waals surface area contributed by atoms with E-state index in [9.17, 15) is 21.6 Å². The van der Waals surface area contributed by atoms with Gasteiger partial charge in [0.2, 0.25) is 5.96 Å². The lowest BCUT2D eigenvalue weighted by Crippen LogP contribution is -2.34. The molecule has 5 N–H and O–H groups in total. The van der Waals surface area contributed by atoms with Gasteiger partial charge in [0.25, 0.3) is 20.0 Å². The summed E-state index contributed by atoms with van der Waals surface area (Å²) < 4.78 is 53.7. The maximum absolute atomic E-state index is 12.3. The van der Waals surface area contributed by atoms with Crippen LogP contribution in [-0.4, -0.2) is 28.8 Å². The van der Waals surface area contributed by atoms with Gasteiger partial charge in [0.05, 0.1) is 9.79 Å². The van der Waals surface area contributed by atoms with E-state index in [-0.39, 0.29) is 15.5 Å². The Morgan fingerprint density at radius 2 is 1.69 bits per heavy atom. The molecule has 0 bridgehead atoms. The van der Waals surface area contributed by atoms with Crippen LogP contribution in [0.25, 0.3) is 0 Å². The second-order valence-corrected chi connectivity index (χ2v) is 8.79. The first kappa shape index (κ1) is 21.7. The van der Waals surface area contributed by atoms with Gasteiger partial charge in [-0.3, -0.25) is 5.32 Å². The Balaban J connectivity index is 2.12. The van der Waals surface area contributed by atoms with E-state index in [1.807, 2.05) is 10.0 Å². The molecule has 13 heteroatoms. The van der Waals surface area contributed by atoms with Crippen molar-refractivity contribution in [3.05, 3.63) is 54.1 Å². The smallest absolute Gasteiger partial charge is 0.333 e. The van der Waals surface area contributed by atoms with Gasteiger partial charge in [0.1, 0.15) is 0 Å². The molecule has 0 unspecified atom stereocenters. The number of anilines is 1. The third kappa shape index (κ3) is 5.67. The van der Waals surface area contributed by atoms with Crippen molar-refractivity contribution >= 4 is 37.7 Å². The number of nitrogens with one attached hydrogen (secondary N) is 3. The molecule has 0 aliphatic heterocycles. The zero-order valence-corrected chi connectivity index (χ0v) is 16.6. The average Bonchev–Trinajstić information content (AvgIpc) is 2.61. The molecule has 0 aliphatic rings. The second kappa shape index (κ2) is 8.59. The lowest BCUT2D eigenvalue weighted by molar-refractivity contribution is 0.256. The third-order valence-electron chi connectivity index (χ3n) is 3.42. The van der Waals surface area contributed by atoms with Crippen LogP contribution in [-0.2, 0) is 20.0 Å². The highest BCUT2D eigenvalue weighted by molar-refractivity contribution is 7.90. The van der Waals surface area contributed by atoms with E-state index in [1.165, 1.54) is 30.5 Å². The summed E-state index contributed by atoms with van der Waals surface area (Å²) in [4.78, 5) is 11.7. The highest BCUT2D eigenvalue weighted by Gasteiger charge is 2.20. The monoisotopic (exact) mass is 436 g/mol. The number of nitrogens with zero attached hydrogens (tertiary/aromatic N) is 2. The number of guanidine groups is 1. The van der Waals surface area contributed by atoms with Crippen LogP contribution in [0.2, 0.25) is 0 Å². The number of benzene rings is 2. The molecule has 0 aromatic heterocycles. The Kier molecular flexibility index (Phi) is 6.42. The van der Waals surface area contributed by atoms with Crippen molar-refractivity contribution in [3.8, 4) is 6.19 Å². The highest BCUT2D eigenvalue weighted by atomic mass is 32.2. The number of sulfonamides is 2. The van der Waals surface area contributed by atoms with Crippen molar-refractivity contribution in [1.29, 1.82) is 5.26 Å². The number of rotatable bonds is 5. The molecule has 2 aromatic carbocycles. The molecule has 11 nitrogen and oxygen atoms in total. The van der Waals surface area contributed by atoms with Crippen LogP contribution in [0.1, 0.15) is 5.56 Å². The molecule has 0 radical (unpaired) electrons. The van der Waals surface area contributed by atoms with Gasteiger partial charge in [0, 0.05) is 5.69 Å². The van der Waals surface area contributed by atoms with Gasteiger partial charge >= 0.3 is 6.03 Å². The molecule has 0 heterocycles. The number of carbonyl (C=O) groups is 1. The van der Waals surface area contributed by atoms with Crippen LogP contribution in [0.4, 0.5) is 10.5 Å². The number of urea groups is 1. The van der Waals surface area contributed by atoms with Gasteiger partial charge in [-0.05, 0) is 42.8 Å². The normalized spacial score (nSPS) is 11.9. The zero-order valence-electron chi connectivity index (χ0n) is 14.9. The summed E-state index contributed by atoms with van der Waals surface area (Å²) in [7, 11) is -8.25. The van der Waals surface area contributed by atoms with E-state index in [2.05, 4.69) is 9.71 Å². The minimum absolute atomic E-state index is 0.0435. The van der Waals surface area contributed by atoms with Gasteiger partial charge in [-0.2, -0.15) is 13.7 Å². The van der Waals surface area contributed by atoms with E-state index >= 15 is 0 Å². The van der Waals surface area contributed by atoms with Crippen LogP contribution in [0.15, 0.2) is 62.7 Å². The minimum Gasteiger partial charge on any atom is -0.368 e. The molecule has 2 amide bonds. The number of carbonyl (C=O) groups excluding carboxylic acids is 1. The molecule has 0 saturated heterocycles. The fourth-order valence-electron chi connectivity index (χ4n) is 2.16. The fraction of sp³-hybridized carbons (Fsp3) is 0.0625. The highest BCUT2D eigenvalue weighted by Crippen LogP contribution is 2.17. The summed E-state index contributed by atoms with van der Waals surface area (Å²) >= 11 is 0. The summed E-state index contributed by atoms with van der Waals surface area (Å²) in [5.41, 5.74) is 5.83. The lowest BCUT2D eigenvalue weighted by Gasteiger charge is -2.10. The Hall–Kier alpha value is -3.63. The number of nitriles is 1. The van der Waals surface area contributed by atoms with E-state index in [1.54, 1.807) is 19.1 Å². The van der Waals surface area contributed by atoms with Gasteiger partial charge in [-0.1, -0.05) is 18.2 Å². The topological polar surface area (TPSA) is 184 Å². The summed E-state index contributed by atoms with van der Waals surface area (Å²) in [6.07, 6.45) is 1.43. The molecule has 0 fully saturated rings. The summed E-state index contributed by atoms with van der Waals surface area (Å²) in [6, 6.07) is 9.84. The molecule has 2 rings (SSSR count). The van der Waals surface area contributed by atoms with Crippen molar-refractivity contribution in [2.45, 2.75) is 16.7 Å². The number of hydrogen-bond donors (Lipinski definition) is 4. The summed E-state index contributed by atoms with van der Waals surface area (Å²) in [5, 5.41) is 12.6. The van der Waals surface area contributed by atoms with Gasteiger partial charge < -0.3 is 11.1 Å². The number of nitrogens with two attached hydrogens (primary N) is 1. The minimum atomic E-state index is -4.17. The van der Waals surface area contributed by atoms with Crippen LogP contribution < -0.4 is 21.1 Å². The maximum atomic E-state index is 12.3. The molecule has 0 atom stereocenters. The lowest BCUT2D eigenvalue weighted by atomic mass is 10.2. The molecule has 152 valence electrons. The first-order valence-corrected chi connectivity index (χ1v) is 10.7. The van der Waals surface area contributed by atoms with Crippen molar-refractivity contribution in [2.24, 2.45) is 10.1 Å². The van der Waals surface area contributed by atoms with E-state index in [0.717, 1.165) is 12.1 Å². The van der Waals surface area contributed by atoms with E-state index < -0.39 is 32.0 Å². The van der Waals surface area contributed by atoms with Crippen LogP contribution >= 0.6 is 0 Å². The average molecular weight is 436 g/mol. The molecule has 29 heavy (non-hydrogen) atoms. The number of amides is 2. The standard InChI is InChI=1S/C16H16N6O5S2/c1-11-4-2-3-5-14(11)29(26,27)22-16(23)20-12-6-8-13(9-7-12)28(24,25)21-15(18)19-10-17/h2-9H,1H3,(H3,18,19,21)(H2,20,22,23).